The topological polar surface area (TPSA) is 37.3 Å². The zero-order valence-corrected chi connectivity index (χ0v) is 11.4. The summed E-state index contributed by atoms with van der Waals surface area (Å²) in [4.78, 5) is 11.4. The van der Waals surface area contributed by atoms with E-state index in [9.17, 15) is 9.90 Å². The summed E-state index contributed by atoms with van der Waals surface area (Å²) in [5.74, 6) is -0.705. The predicted molar refractivity (Wildman–Crippen MR) is 72.7 cm³/mol. The van der Waals surface area contributed by atoms with Crippen LogP contribution >= 0.6 is 0 Å². The Morgan fingerprint density at radius 2 is 1.89 bits per heavy atom. The molecule has 1 aromatic rings. The molecule has 1 aliphatic carbocycles. The van der Waals surface area contributed by atoms with Crippen molar-refractivity contribution >= 4 is 5.97 Å². The average Bonchev–Trinajstić information content (AvgIpc) is 2.28. The van der Waals surface area contributed by atoms with Gasteiger partial charge in [0.05, 0.1) is 5.92 Å². The predicted octanol–water partition coefficient (Wildman–Crippen LogP) is 3.99. The zero-order chi connectivity index (χ0) is 13.3. The summed E-state index contributed by atoms with van der Waals surface area (Å²) in [5.41, 5.74) is 2.66. The fraction of sp³-hybridized carbons (Fsp3) is 0.562. The molecule has 2 atom stereocenters. The van der Waals surface area contributed by atoms with Crippen molar-refractivity contribution < 1.29 is 9.90 Å². The van der Waals surface area contributed by atoms with Crippen LogP contribution < -0.4 is 0 Å². The second-order valence-corrected chi connectivity index (χ2v) is 6.37. The maximum Gasteiger partial charge on any atom is 0.307 e. The fourth-order valence-electron chi connectivity index (χ4n) is 3.05. The molecule has 98 valence electrons. The van der Waals surface area contributed by atoms with E-state index in [1.165, 1.54) is 11.1 Å². The van der Waals surface area contributed by atoms with Crippen LogP contribution in [0.1, 0.15) is 50.2 Å². The van der Waals surface area contributed by atoms with E-state index >= 15 is 0 Å². The van der Waals surface area contributed by atoms with E-state index < -0.39 is 5.97 Å². The zero-order valence-electron chi connectivity index (χ0n) is 11.4. The number of carbonyl (C=O) groups is 1. The van der Waals surface area contributed by atoms with Crippen molar-refractivity contribution in [3.63, 3.8) is 0 Å². The lowest BCUT2D eigenvalue weighted by Crippen LogP contribution is -2.32. The first-order valence-corrected chi connectivity index (χ1v) is 6.68. The van der Waals surface area contributed by atoms with Gasteiger partial charge in [0.25, 0.3) is 0 Å². The third-order valence-corrected chi connectivity index (χ3v) is 4.21. The monoisotopic (exact) mass is 246 g/mol. The molecule has 0 radical (unpaired) electrons. The first-order chi connectivity index (χ1) is 8.39. The molecule has 1 aromatic carbocycles. The lowest BCUT2D eigenvalue weighted by atomic mass is 9.65. The first kappa shape index (κ1) is 13.1. The normalized spacial score (nSPS) is 26.8. The Morgan fingerprint density at radius 1 is 1.28 bits per heavy atom. The summed E-state index contributed by atoms with van der Waals surface area (Å²) < 4.78 is 0. The molecule has 1 saturated carbocycles. The summed E-state index contributed by atoms with van der Waals surface area (Å²) in [7, 11) is 0. The minimum Gasteiger partial charge on any atom is -0.481 e. The molecule has 2 unspecified atom stereocenters. The van der Waals surface area contributed by atoms with Crippen LogP contribution in [0.15, 0.2) is 24.3 Å². The van der Waals surface area contributed by atoms with Gasteiger partial charge in [-0.1, -0.05) is 43.7 Å². The molecule has 0 heterocycles. The van der Waals surface area contributed by atoms with Crippen LogP contribution in [0.25, 0.3) is 0 Å². The summed E-state index contributed by atoms with van der Waals surface area (Å²) >= 11 is 0. The number of benzene rings is 1. The molecule has 0 aromatic heterocycles. The van der Waals surface area contributed by atoms with Crippen LogP contribution in [-0.4, -0.2) is 11.1 Å². The molecule has 2 rings (SSSR count). The molecule has 18 heavy (non-hydrogen) atoms. The Kier molecular flexibility index (Phi) is 3.47. The molecule has 1 aliphatic rings. The van der Waals surface area contributed by atoms with Gasteiger partial charge in [-0.05, 0) is 43.1 Å². The van der Waals surface area contributed by atoms with Crippen molar-refractivity contribution in [3.05, 3.63) is 35.4 Å². The highest BCUT2D eigenvalue weighted by molar-refractivity contribution is 5.71. The van der Waals surface area contributed by atoms with Crippen molar-refractivity contribution in [2.75, 3.05) is 0 Å². The highest BCUT2D eigenvalue weighted by Crippen LogP contribution is 2.46. The second kappa shape index (κ2) is 4.75. The number of hydrogen-bond acceptors (Lipinski definition) is 1. The highest BCUT2D eigenvalue weighted by atomic mass is 16.4. The van der Waals surface area contributed by atoms with Gasteiger partial charge in [0, 0.05) is 0 Å². The number of hydrogen-bond donors (Lipinski definition) is 1. The summed E-state index contributed by atoms with van der Waals surface area (Å²) in [5, 5.41) is 9.39. The molecule has 0 aliphatic heterocycles. The van der Waals surface area contributed by atoms with Gasteiger partial charge in [0.2, 0.25) is 0 Å². The Hall–Kier alpha value is -1.31. The van der Waals surface area contributed by atoms with E-state index in [1.807, 2.05) is 0 Å². The largest absolute Gasteiger partial charge is 0.481 e. The molecule has 0 spiro atoms. The first-order valence-electron chi connectivity index (χ1n) is 6.68. The lowest BCUT2D eigenvalue weighted by molar-refractivity contribution is -0.144. The number of aryl methyl sites for hydroxylation is 1. The molecule has 2 heteroatoms. The van der Waals surface area contributed by atoms with Crippen molar-refractivity contribution in [3.8, 4) is 0 Å². The Labute approximate surface area is 109 Å². The van der Waals surface area contributed by atoms with Gasteiger partial charge >= 0.3 is 5.97 Å². The maximum absolute atomic E-state index is 11.4. The van der Waals surface area contributed by atoms with Crippen molar-refractivity contribution in [2.45, 2.75) is 46.0 Å². The number of aliphatic carboxylic acids is 1. The van der Waals surface area contributed by atoms with Gasteiger partial charge in [-0.25, -0.2) is 0 Å². The summed E-state index contributed by atoms with van der Waals surface area (Å²) in [6, 6.07) is 8.35. The number of carboxylic acids is 1. The number of carboxylic acid groups (broad SMARTS) is 1. The van der Waals surface area contributed by atoms with E-state index in [4.69, 9.17) is 0 Å². The highest BCUT2D eigenvalue weighted by Gasteiger charge is 2.39. The minimum absolute atomic E-state index is 0.159. The summed E-state index contributed by atoms with van der Waals surface area (Å²) in [6.07, 6.45) is 2.76. The summed E-state index contributed by atoms with van der Waals surface area (Å²) in [6.45, 7) is 6.54. The van der Waals surface area contributed by atoms with E-state index in [1.54, 1.807) is 0 Å². The van der Waals surface area contributed by atoms with Gasteiger partial charge in [0.15, 0.2) is 0 Å². The van der Waals surface area contributed by atoms with E-state index in [0.29, 0.717) is 0 Å². The van der Waals surface area contributed by atoms with Gasteiger partial charge < -0.3 is 5.11 Å². The Morgan fingerprint density at radius 3 is 2.44 bits per heavy atom. The fourth-order valence-corrected chi connectivity index (χ4v) is 3.05. The van der Waals surface area contributed by atoms with Crippen molar-refractivity contribution in [2.24, 2.45) is 11.3 Å². The van der Waals surface area contributed by atoms with Crippen LogP contribution in [0.2, 0.25) is 0 Å². The van der Waals surface area contributed by atoms with E-state index in [2.05, 4.69) is 45.0 Å². The quantitative estimate of drug-likeness (QED) is 0.856. The van der Waals surface area contributed by atoms with E-state index in [0.717, 1.165) is 19.3 Å². The molecule has 1 N–H and O–H groups in total. The van der Waals surface area contributed by atoms with Crippen molar-refractivity contribution in [1.29, 1.82) is 0 Å². The third-order valence-electron chi connectivity index (χ3n) is 4.21. The van der Waals surface area contributed by atoms with Crippen LogP contribution in [0.3, 0.4) is 0 Å². The van der Waals surface area contributed by atoms with E-state index in [-0.39, 0.29) is 17.3 Å². The maximum atomic E-state index is 11.4. The van der Waals surface area contributed by atoms with Gasteiger partial charge in [-0.15, -0.1) is 0 Å². The molecule has 1 fully saturated rings. The molecule has 0 bridgehead atoms. The molecular weight excluding hydrogens is 224 g/mol. The van der Waals surface area contributed by atoms with Gasteiger partial charge in [-0.3, -0.25) is 4.79 Å². The Balaban J connectivity index is 2.30. The molecule has 0 amide bonds. The van der Waals surface area contributed by atoms with Gasteiger partial charge in [0.1, 0.15) is 0 Å². The molecular formula is C16H22O2. The smallest absolute Gasteiger partial charge is 0.307 e. The van der Waals surface area contributed by atoms with Crippen LogP contribution in [-0.2, 0) is 4.79 Å². The van der Waals surface area contributed by atoms with Crippen molar-refractivity contribution in [1.82, 2.24) is 0 Å². The second-order valence-electron chi connectivity index (χ2n) is 6.37. The number of rotatable bonds is 2. The SMILES string of the molecule is Cc1ccc(C2CC(C)(C)CCC2C(=O)O)cc1. The minimum atomic E-state index is -0.643. The van der Waals surface area contributed by atoms with Crippen LogP contribution in [0.4, 0.5) is 0 Å². The molecule has 2 nitrogen and oxygen atoms in total. The lowest BCUT2D eigenvalue weighted by Gasteiger charge is -2.39. The van der Waals surface area contributed by atoms with Gasteiger partial charge in [-0.2, -0.15) is 0 Å². The third kappa shape index (κ3) is 2.74. The standard InChI is InChI=1S/C16H22O2/c1-11-4-6-12(7-5-11)14-10-16(2,3)9-8-13(14)15(17)18/h4-7,13-14H,8-10H2,1-3H3,(H,17,18). The van der Waals surface area contributed by atoms with Crippen LogP contribution in [0.5, 0.6) is 0 Å². The Bertz CT molecular complexity index is 431. The average molecular weight is 246 g/mol. The molecule has 0 saturated heterocycles. The van der Waals surface area contributed by atoms with Crippen LogP contribution in [0, 0.1) is 18.3 Å².